The molecule has 1 aliphatic rings. The molecule has 0 saturated carbocycles. The number of nitrogens with one attached hydrogen (secondary N) is 2. The summed E-state index contributed by atoms with van der Waals surface area (Å²) in [6.45, 7) is 2.31. The summed E-state index contributed by atoms with van der Waals surface area (Å²) in [5.74, 6) is 0.358. The van der Waals surface area contributed by atoms with Crippen LogP contribution in [0.2, 0.25) is 0 Å². The smallest absolute Gasteiger partial charge is 0.244 e. The first-order chi connectivity index (χ1) is 15.6. The SMILES string of the molecule is O=C(C=Cc1ccco1)NCCC(=O)N1CCN(C(=O)Cc2c[nH]c3ccccc23)CC1. The minimum absolute atomic E-state index is 0.0240. The van der Waals surface area contributed by atoms with Crippen molar-refractivity contribution in [2.75, 3.05) is 32.7 Å². The number of hydrogen-bond donors (Lipinski definition) is 2. The molecule has 4 rings (SSSR count). The molecule has 0 radical (unpaired) electrons. The number of piperazine rings is 1. The molecule has 0 atom stereocenters. The van der Waals surface area contributed by atoms with Gasteiger partial charge < -0.3 is 24.5 Å². The number of fused-ring (bicyclic) bond motifs is 1. The van der Waals surface area contributed by atoms with E-state index < -0.39 is 0 Å². The maximum absolute atomic E-state index is 12.7. The number of furan rings is 1. The lowest BCUT2D eigenvalue weighted by Crippen LogP contribution is -2.51. The van der Waals surface area contributed by atoms with Gasteiger partial charge in [-0.2, -0.15) is 0 Å². The van der Waals surface area contributed by atoms with E-state index in [1.54, 1.807) is 23.1 Å². The van der Waals surface area contributed by atoms with Gasteiger partial charge in [0.2, 0.25) is 17.7 Å². The molecular formula is C24H26N4O4. The van der Waals surface area contributed by atoms with Crippen molar-refractivity contribution < 1.29 is 18.8 Å². The molecular weight excluding hydrogens is 408 g/mol. The predicted molar refractivity (Wildman–Crippen MR) is 121 cm³/mol. The second kappa shape index (κ2) is 10.00. The predicted octanol–water partition coefficient (Wildman–Crippen LogP) is 2.19. The molecule has 8 nitrogen and oxygen atoms in total. The van der Waals surface area contributed by atoms with Gasteiger partial charge >= 0.3 is 0 Å². The molecule has 166 valence electrons. The van der Waals surface area contributed by atoms with Crippen LogP contribution in [0.15, 0.2) is 59.4 Å². The van der Waals surface area contributed by atoms with Crippen LogP contribution in [0.4, 0.5) is 0 Å². The van der Waals surface area contributed by atoms with Crippen molar-refractivity contribution >= 4 is 34.7 Å². The first-order valence-corrected chi connectivity index (χ1v) is 10.7. The Balaban J connectivity index is 1.18. The van der Waals surface area contributed by atoms with Crippen LogP contribution in [0.1, 0.15) is 17.7 Å². The van der Waals surface area contributed by atoms with E-state index in [0.29, 0.717) is 38.4 Å². The number of carbonyl (C=O) groups is 3. The normalized spacial score (nSPS) is 14.2. The van der Waals surface area contributed by atoms with Crippen molar-refractivity contribution in [2.24, 2.45) is 0 Å². The summed E-state index contributed by atoms with van der Waals surface area (Å²) in [5, 5.41) is 3.76. The van der Waals surface area contributed by atoms with Crippen molar-refractivity contribution in [1.82, 2.24) is 20.1 Å². The number of aromatic amines is 1. The van der Waals surface area contributed by atoms with Gasteiger partial charge in [-0.25, -0.2) is 0 Å². The Morgan fingerprint density at radius 3 is 2.50 bits per heavy atom. The Hall–Kier alpha value is -3.81. The number of rotatable bonds is 7. The largest absolute Gasteiger partial charge is 0.465 e. The number of hydrogen-bond acceptors (Lipinski definition) is 4. The molecule has 3 aromatic rings. The van der Waals surface area contributed by atoms with E-state index in [4.69, 9.17) is 4.42 Å². The van der Waals surface area contributed by atoms with E-state index in [2.05, 4.69) is 10.3 Å². The fourth-order valence-electron chi connectivity index (χ4n) is 3.81. The van der Waals surface area contributed by atoms with Crippen molar-refractivity contribution in [3.05, 3.63) is 66.3 Å². The van der Waals surface area contributed by atoms with E-state index >= 15 is 0 Å². The number of benzene rings is 1. The lowest BCUT2D eigenvalue weighted by Gasteiger charge is -2.35. The Kier molecular flexibility index (Phi) is 6.69. The van der Waals surface area contributed by atoms with Crippen LogP contribution in [-0.4, -0.2) is 65.2 Å². The highest BCUT2D eigenvalue weighted by atomic mass is 16.3. The quantitative estimate of drug-likeness (QED) is 0.557. The number of carbonyl (C=O) groups excluding carboxylic acids is 3. The Morgan fingerprint density at radius 2 is 1.75 bits per heavy atom. The summed E-state index contributed by atoms with van der Waals surface area (Å²) in [7, 11) is 0. The topological polar surface area (TPSA) is 98.7 Å². The van der Waals surface area contributed by atoms with Crippen LogP contribution in [0.25, 0.3) is 17.0 Å². The number of para-hydroxylation sites is 1. The zero-order chi connectivity index (χ0) is 22.3. The molecule has 32 heavy (non-hydrogen) atoms. The zero-order valence-electron chi connectivity index (χ0n) is 17.8. The van der Waals surface area contributed by atoms with Crippen LogP contribution < -0.4 is 5.32 Å². The molecule has 8 heteroatoms. The average molecular weight is 434 g/mol. The number of H-pyrrole nitrogens is 1. The van der Waals surface area contributed by atoms with Crippen LogP contribution >= 0.6 is 0 Å². The van der Waals surface area contributed by atoms with Crippen LogP contribution in [0.5, 0.6) is 0 Å². The Bertz CT molecular complexity index is 1110. The van der Waals surface area contributed by atoms with Crippen LogP contribution in [0, 0.1) is 0 Å². The van der Waals surface area contributed by atoms with Gasteiger partial charge in [0.25, 0.3) is 0 Å². The molecule has 0 unspecified atom stereocenters. The minimum Gasteiger partial charge on any atom is -0.465 e. The van der Waals surface area contributed by atoms with Gasteiger partial charge in [-0.15, -0.1) is 0 Å². The van der Waals surface area contributed by atoms with Gasteiger partial charge in [0.1, 0.15) is 5.76 Å². The zero-order valence-corrected chi connectivity index (χ0v) is 17.8. The Labute approximate surface area is 185 Å². The second-order valence-corrected chi connectivity index (χ2v) is 7.69. The third-order valence-corrected chi connectivity index (χ3v) is 5.58. The van der Waals surface area contributed by atoms with Crippen molar-refractivity contribution in [3.8, 4) is 0 Å². The molecule has 2 aromatic heterocycles. The number of aromatic nitrogens is 1. The molecule has 1 saturated heterocycles. The molecule has 3 amide bonds. The summed E-state index contributed by atoms with van der Waals surface area (Å²) < 4.78 is 5.12. The van der Waals surface area contributed by atoms with Gasteiger partial charge in [0.15, 0.2) is 0 Å². The first-order valence-electron chi connectivity index (χ1n) is 10.7. The Morgan fingerprint density at radius 1 is 1.00 bits per heavy atom. The number of nitrogens with zero attached hydrogens (tertiary/aromatic N) is 2. The highest BCUT2D eigenvalue weighted by molar-refractivity contribution is 5.91. The number of amides is 3. The van der Waals surface area contributed by atoms with Gasteiger partial charge in [-0.1, -0.05) is 18.2 Å². The van der Waals surface area contributed by atoms with Crippen LogP contribution in [0.3, 0.4) is 0 Å². The van der Waals surface area contributed by atoms with Gasteiger partial charge in [0, 0.05) is 62.3 Å². The fraction of sp³-hybridized carbons (Fsp3) is 0.292. The van der Waals surface area contributed by atoms with E-state index in [1.807, 2.05) is 35.4 Å². The van der Waals surface area contributed by atoms with E-state index in [-0.39, 0.29) is 30.7 Å². The van der Waals surface area contributed by atoms with E-state index in [0.717, 1.165) is 16.5 Å². The summed E-state index contributed by atoms with van der Waals surface area (Å²) in [6, 6.07) is 11.4. The highest BCUT2D eigenvalue weighted by Crippen LogP contribution is 2.19. The van der Waals surface area contributed by atoms with Gasteiger partial charge in [0.05, 0.1) is 12.7 Å². The molecule has 1 aliphatic heterocycles. The van der Waals surface area contributed by atoms with Crippen molar-refractivity contribution in [2.45, 2.75) is 12.8 Å². The molecule has 3 heterocycles. The molecule has 2 N–H and O–H groups in total. The second-order valence-electron chi connectivity index (χ2n) is 7.69. The maximum Gasteiger partial charge on any atom is 0.244 e. The third-order valence-electron chi connectivity index (χ3n) is 5.58. The maximum atomic E-state index is 12.7. The summed E-state index contributed by atoms with van der Waals surface area (Å²) in [5.41, 5.74) is 2.01. The lowest BCUT2D eigenvalue weighted by atomic mass is 10.1. The molecule has 1 fully saturated rings. The first kappa shape index (κ1) is 21.4. The van der Waals surface area contributed by atoms with Crippen molar-refractivity contribution in [3.63, 3.8) is 0 Å². The van der Waals surface area contributed by atoms with Crippen molar-refractivity contribution in [1.29, 1.82) is 0 Å². The van der Waals surface area contributed by atoms with Gasteiger partial charge in [-0.05, 0) is 29.8 Å². The third kappa shape index (κ3) is 5.26. The molecule has 0 bridgehead atoms. The lowest BCUT2D eigenvalue weighted by molar-refractivity contribution is -0.139. The molecule has 0 aliphatic carbocycles. The summed E-state index contributed by atoms with van der Waals surface area (Å²) >= 11 is 0. The molecule has 0 spiro atoms. The average Bonchev–Trinajstić information content (AvgIpc) is 3.48. The fourth-order valence-corrected chi connectivity index (χ4v) is 3.81. The van der Waals surface area contributed by atoms with Gasteiger partial charge in [-0.3, -0.25) is 14.4 Å². The van der Waals surface area contributed by atoms with E-state index in [1.165, 1.54) is 12.3 Å². The summed E-state index contributed by atoms with van der Waals surface area (Å²) in [6.07, 6.45) is 6.94. The highest BCUT2D eigenvalue weighted by Gasteiger charge is 2.24. The minimum atomic E-state index is -0.276. The molecule has 1 aromatic carbocycles. The standard InChI is InChI=1S/C24H26N4O4/c29-22(8-7-19-4-3-15-32-19)25-10-9-23(30)27-11-13-28(14-12-27)24(31)16-18-17-26-21-6-2-1-5-20(18)21/h1-8,15,17,26H,9-14,16H2,(H,25,29). The van der Waals surface area contributed by atoms with Crippen LogP contribution in [-0.2, 0) is 20.8 Å². The van der Waals surface area contributed by atoms with E-state index in [9.17, 15) is 14.4 Å². The summed E-state index contributed by atoms with van der Waals surface area (Å²) in [4.78, 5) is 43.7. The monoisotopic (exact) mass is 434 g/mol.